The minimum atomic E-state index is -0.650. The minimum Gasteiger partial charge on any atom is -0.444 e. The normalized spacial score (nSPS) is 15.6. The highest BCUT2D eigenvalue weighted by atomic mass is 16.6. The number of ether oxygens (including phenoxy) is 1. The van der Waals surface area contributed by atoms with E-state index in [1.807, 2.05) is 20.0 Å². The molecule has 1 fully saturated rings. The van der Waals surface area contributed by atoms with E-state index in [0.717, 1.165) is 42.5 Å². The highest BCUT2D eigenvalue weighted by Gasteiger charge is 2.33. The molecule has 0 bridgehead atoms. The van der Waals surface area contributed by atoms with Crippen LogP contribution in [0.5, 0.6) is 0 Å². The van der Waals surface area contributed by atoms with E-state index in [0.29, 0.717) is 5.82 Å². The molecule has 1 aliphatic rings. The first-order valence-electron chi connectivity index (χ1n) is 10.4. The molecule has 2 heterocycles. The molecule has 0 radical (unpaired) electrons. The number of anilines is 1. The predicted molar refractivity (Wildman–Crippen MR) is 115 cm³/mol. The van der Waals surface area contributed by atoms with E-state index in [1.54, 1.807) is 43.9 Å². The predicted octanol–water partition coefficient (Wildman–Crippen LogP) is 3.81. The van der Waals surface area contributed by atoms with Crippen molar-refractivity contribution in [1.82, 2.24) is 20.1 Å². The van der Waals surface area contributed by atoms with Crippen molar-refractivity contribution in [3.63, 3.8) is 0 Å². The Morgan fingerprint density at radius 3 is 2.43 bits per heavy atom. The van der Waals surface area contributed by atoms with Gasteiger partial charge in [-0.3, -0.25) is 9.48 Å². The van der Waals surface area contributed by atoms with Crippen molar-refractivity contribution < 1.29 is 14.3 Å². The number of rotatable bonds is 5. The molecule has 162 valence electrons. The van der Waals surface area contributed by atoms with Crippen molar-refractivity contribution in [3.8, 4) is 11.3 Å². The molecule has 3 rings (SSSR count). The first kappa shape index (κ1) is 21.8. The fourth-order valence-corrected chi connectivity index (χ4v) is 3.90. The van der Waals surface area contributed by atoms with Crippen LogP contribution in [-0.2, 0) is 16.6 Å². The zero-order valence-electron chi connectivity index (χ0n) is 18.4. The van der Waals surface area contributed by atoms with Gasteiger partial charge in [0.15, 0.2) is 0 Å². The molecule has 0 aromatic carbocycles. The maximum absolute atomic E-state index is 13.0. The molecule has 0 unspecified atom stereocenters. The van der Waals surface area contributed by atoms with Crippen LogP contribution >= 0.6 is 0 Å². The molecule has 1 saturated carbocycles. The Bertz CT molecular complexity index is 873. The van der Waals surface area contributed by atoms with Crippen molar-refractivity contribution in [2.75, 3.05) is 5.32 Å². The van der Waals surface area contributed by atoms with Crippen molar-refractivity contribution in [2.24, 2.45) is 13.0 Å². The maximum Gasteiger partial charge on any atom is 0.408 e. The monoisotopic (exact) mass is 413 g/mol. The minimum absolute atomic E-state index is 0.0916. The Hall–Kier alpha value is -2.90. The Morgan fingerprint density at radius 1 is 1.20 bits per heavy atom. The highest BCUT2D eigenvalue weighted by molar-refractivity contribution is 5.96. The number of carbonyl (C=O) groups excluding carboxylic acids is 2. The Labute approximate surface area is 177 Å². The number of aromatic nitrogens is 3. The van der Waals surface area contributed by atoms with E-state index >= 15 is 0 Å². The number of nitrogens with one attached hydrogen (secondary N) is 2. The molecular weight excluding hydrogens is 382 g/mol. The second-order valence-electron chi connectivity index (χ2n) is 8.89. The summed E-state index contributed by atoms with van der Waals surface area (Å²) in [6.07, 6.45) is 6.86. The van der Waals surface area contributed by atoms with Crippen LogP contribution in [-0.4, -0.2) is 38.4 Å². The highest BCUT2D eigenvalue weighted by Crippen LogP contribution is 2.29. The van der Waals surface area contributed by atoms with E-state index in [1.165, 1.54) is 0 Å². The van der Waals surface area contributed by atoms with Gasteiger partial charge in [0, 0.05) is 18.8 Å². The molecule has 8 heteroatoms. The van der Waals surface area contributed by atoms with E-state index < -0.39 is 17.7 Å². The smallest absolute Gasteiger partial charge is 0.408 e. The number of hydrogen-bond donors (Lipinski definition) is 2. The zero-order chi connectivity index (χ0) is 21.9. The third-order valence-corrected chi connectivity index (χ3v) is 5.24. The lowest BCUT2D eigenvalue weighted by molar-refractivity contribution is -0.119. The first-order valence-corrected chi connectivity index (χ1v) is 10.4. The molecule has 1 atom stereocenters. The Kier molecular flexibility index (Phi) is 6.43. The van der Waals surface area contributed by atoms with E-state index in [2.05, 4.69) is 20.7 Å². The average Bonchev–Trinajstić information content (AvgIpc) is 3.29. The van der Waals surface area contributed by atoms with Gasteiger partial charge in [-0.2, -0.15) is 5.10 Å². The molecule has 2 aromatic heterocycles. The lowest BCUT2D eigenvalue weighted by Gasteiger charge is -2.26. The van der Waals surface area contributed by atoms with Gasteiger partial charge in [0.2, 0.25) is 5.91 Å². The van der Waals surface area contributed by atoms with Crippen LogP contribution in [0.25, 0.3) is 11.3 Å². The average molecular weight is 414 g/mol. The molecule has 1 aliphatic carbocycles. The van der Waals surface area contributed by atoms with Crippen LogP contribution in [0.4, 0.5) is 10.6 Å². The first-order chi connectivity index (χ1) is 14.1. The largest absolute Gasteiger partial charge is 0.444 e. The van der Waals surface area contributed by atoms with Crippen LogP contribution in [0, 0.1) is 12.8 Å². The number of alkyl carbamates (subject to hydrolysis) is 1. The molecule has 2 amide bonds. The fourth-order valence-electron chi connectivity index (χ4n) is 3.90. The molecule has 0 spiro atoms. The third-order valence-electron chi connectivity index (χ3n) is 5.24. The standard InChI is InChI=1S/C22H31N5O3/c1-14-12-24-27(5)19(14)16-10-11-17(23-13-16)25-20(28)18(15-8-6-7-9-15)26-21(29)30-22(2,3)4/h10-13,15,18H,6-9H2,1-5H3,(H,26,29)(H,23,25,28)/t18-/m0/s1. The SMILES string of the molecule is Cc1cnn(C)c1-c1ccc(NC(=O)[C@@H](NC(=O)OC(C)(C)C)C2CCCC2)nc1. The topological polar surface area (TPSA) is 98.1 Å². The van der Waals surface area contributed by atoms with Crippen molar-refractivity contribution in [3.05, 3.63) is 30.1 Å². The Balaban J connectivity index is 1.71. The summed E-state index contributed by atoms with van der Waals surface area (Å²) in [6, 6.07) is 3.01. The maximum atomic E-state index is 13.0. The number of nitrogens with zero attached hydrogens (tertiary/aromatic N) is 3. The summed E-state index contributed by atoms with van der Waals surface area (Å²) in [5, 5.41) is 9.87. The summed E-state index contributed by atoms with van der Waals surface area (Å²) < 4.78 is 7.15. The summed E-state index contributed by atoms with van der Waals surface area (Å²) in [4.78, 5) is 29.7. The quantitative estimate of drug-likeness (QED) is 0.777. The summed E-state index contributed by atoms with van der Waals surface area (Å²) in [5.41, 5.74) is 2.33. The molecule has 2 N–H and O–H groups in total. The van der Waals surface area contributed by atoms with Crippen LogP contribution in [0.3, 0.4) is 0 Å². The zero-order valence-corrected chi connectivity index (χ0v) is 18.4. The number of pyridine rings is 1. The molecule has 0 aliphatic heterocycles. The number of hydrogen-bond acceptors (Lipinski definition) is 5. The molecular formula is C22H31N5O3. The van der Waals surface area contributed by atoms with Gasteiger partial charge in [0.05, 0.1) is 11.9 Å². The van der Waals surface area contributed by atoms with Gasteiger partial charge in [-0.25, -0.2) is 9.78 Å². The van der Waals surface area contributed by atoms with Gasteiger partial charge >= 0.3 is 6.09 Å². The molecule has 8 nitrogen and oxygen atoms in total. The van der Waals surface area contributed by atoms with Crippen molar-refractivity contribution in [1.29, 1.82) is 0 Å². The number of carbonyl (C=O) groups is 2. The molecule has 30 heavy (non-hydrogen) atoms. The Morgan fingerprint density at radius 2 is 1.90 bits per heavy atom. The summed E-state index contributed by atoms with van der Waals surface area (Å²) in [7, 11) is 1.88. The fraction of sp³-hybridized carbons (Fsp3) is 0.545. The molecule has 2 aromatic rings. The van der Waals surface area contributed by atoms with E-state index in [-0.39, 0.29) is 11.8 Å². The van der Waals surface area contributed by atoms with Crippen LogP contribution in [0.1, 0.15) is 52.0 Å². The van der Waals surface area contributed by atoms with E-state index in [9.17, 15) is 9.59 Å². The second kappa shape index (κ2) is 8.85. The van der Waals surface area contributed by atoms with Gasteiger partial charge in [-0.05, 0) is 64.2 Å². The lowest BCUT2D eigenvalue weighted by atomic mass is 9.97. The van der Waals surface area contributed by atoms with Crippen LogP contribution in [0.2, 0.25) is 0 Å². The van der Waals surface area contributed by atoms with Gasteiger partial charge in [-0.15, -0.1) is 0 Å². The van der Waals surface area contributed by atoms with E-state index in [4.69, 9.17) is 4.74 Å². The summed E-state index contributed by atoms with van der Waals surface area (Å²) in [5.74, 6) is 0.260. The van der Waals surface area contributed by atoms with Gasteiger partial charge in [0.25, 0.3) is 0 Å². The summed E-state index contributed by atoms with van der Waals surface area (Å²) in [6.45, 7) is 7.39. The van der Waals surface area contributed by atoms with Gasteiger partial charge in [-0.1, -0.05) is 12.8 Å². The number of amides is 2. The third kappa shape index (κ3) is 5.37. The van der Waals surface area contributed by atoms with Crippen molar-refractivity contribution in [2.45, 2.75) is 65.0 Å². The van der Waals surface area contributed by atoms with Gasteiger partial charge in [0.1, 0.15) is 17.5 Å². The van der Waals surface area contributed by atoms with Crippen molar-refractivity contribution >= 4 is 17.8 Å². The lowest BCUT2D eigenvalue weighted by Crippen LogP contribution is -2.49. The van der Waals surface area contributed by atoms with Crippen LogP contribution in [0.15, 0.2) is 24.5 Å². The van der Waals surface area contributed by atoms with Crippen LogP contribution < -0.4 is 10.6 Å². The summed E-state index contributed by atoms with van der Waals surface area (Å²) >= 11 is 0. The van der Waals surface area contributed by atoms with Gasteiger partial charge < -0.3 is 15.4 Å². The second-order valence-corrected chi connectivity index (χ2v) is 8.89. The molecule has 0 saturated heterocycles. The number of aryl methyl sites for hydroxylation is 2.